The minimum atomic E-state index is -1.09. The van der Waals surface area contributed by atoms with Gasteiger partial charge in [0, 0.05) is 30.3 Å². The number of carboxylic acids is 1. The molecule has 0 spiro atoms. The molecule has 0 saturated heterocycles. The predicted octanol–water partition coefficient (Wildman–Crippen LogP) is 1.64. The van der Waals surface area contributed by atoms with Crippen LogP contribution >= 0.6 is 0 Å². The van der Waals surface area contributed by atoms with Crippen LogP contribution in [0.3, 0.4) is 0 Å². The van der Waals surface area contributed by atoms with E-state index in [2.05, 4.69) is 0 Å². The minimum Gasteiger partial charge on any atom is -0.497 e. The molecule has 0 radical (unpaired) electrons. The van der Waals surface area contributed by atoms with E-state index in [0.717, 1.165) is 11.6 Å². The fourth-order valence-corrected chi connectivity index (χ4v) is 1.90. The molecule has 1 heterocycles. The van der Waals surface area contributed by atoms with Gasteiger partial charge >= 0.3 is 5.97 Å². The molecule has 0 saturated carbocycles. The normalized spacial score (nSPS) is 11.1. The molecule has 2 rings (SSSR count). The molecule has 5 nitrogen and oxygen atoms in total. The molecule has 0 atom stereocenters. The van der Waals surface area contributed by atoms with Crippen molar-refractivity contribution in [1.29, 1.82) is 0 Å². The Morgan fingerprint density at radius 2 is 2.16 bits per heavy atom. The number of rotatable bonds is 3. The summed E-state index contributed by atoms with van der Waals surface area (Å²) in [4.78, 5) is 22.8. The second-order valence-electron chi connectivity index (χ2n) is 4.08. The Balaban J connectivity index is 2.72. The van der Waals surface area contributed by atoms with Crippen molar-refractivity contribution in [2.45, 2.75) is 0 Å². The number of fused-ring (bicyclic) bond motifs is 1. The van der Waals surface area contributed by atoms with Crippen LogP contribution < -0.4 is 10.2 Å². The highest BCUT2D eigenvalue weighted by atomic mass is 16.5. The maximum Gasteiger partial charge on any atom is 0.328 e. The van der Waals surface area contributed by atoms with E-state index in [-0.39, 0.29) is 5.43 Å². The second kappa shape index (κ2) is 4.97. The summed E-state index contributed by atoms with van der Waals surface area (Å²) in [7, 11) is 3.33. The van der Waals surface area contributed by atoms with Crippen LogP contribution in [0.15, 0.2) is 35.3 Å². The van der Waals surface area contributed by atoms with Gasteiger partial charge in [-0.1, -0.05) is 0 Å². The molecule has 0 unspecified atom stereocenters. The molecule has 2 aromatic rings. The number of aliphatic carboxylic acids is 1. The lowest BCUT2D eigenvalue weighted by atomic mass is 10.1. The smallest absolute Gasteiger partial charge is 0.328 e. The summed E-state index contributed by atoms with van der Waals surface area (Å²) >= 11 is 0. The number of benzene rings is 1. The van der Waals surface area contributed by atoms with Crippen molar-refractivity contribution in [2.24, 2.45) is 7.05 Å². The van der Waals surface area contributed by atoms with Crippen molar-refractivity contribution < 1.29 is 14.6 Å². The van der Waals surface area contributed by atoms with E-state index in [1.165, 1.54) is 13.2 Å². The van der Waals surface area contributed by atoms with E-state index in [9.17, 15) is 9.59 Å². The third-order valence-electron chi connectivity index (χ3n) is 2.83. The van der Waals surface area contributed by atoms with Crippen molar-refractivity contribution in [3.63, 3.8) is 0 Å². The molecular formula is C14H13NO4. The zero-order valence-electron chi connectivity index (χ0n) is 10.6. The SMILES string of the molecule is COc1ccc2c(c1)c(=O)c(C=CC(=O)O)cn2C. The highest BCUT2D eigenvalue weighted by Gasteiger charge is 2.07. The largest absolute Gasteiger partial charge is 0.497 e. The number of carbonyl (C=O) groups is 1. The average Bonchev–Trinajstić information content (AvgIpc) is 2.40. The van der Waals surface area contributed by atoms with Crippen LogP contribution in [0.1, 0.15) is 5.56 Å². The maximum atomic E-state index is 12.2. The predicted molar refractivity (Wildman–Crippen MR) is 72.4 cm³/mol. The quantitative estimate of drug-likeness (QED) is 0.851. The highest BCUT2D eigenvalue weighted by Crippen LogP contribution is 2.18. The topological polar surface area (TPSA) is 68.5 Å². The van der Waals surface area contributed by atoms with Crippen LogP contribution in [0.25, 0.3) is 17.0 Å². The number of methoxy groups -OCH3 is 1. The Morgan fingerprint density at radius 3 is 2.79 bits per heavy atom. The molecule has 5 heteroatoms. The van der Waals surface area contributed by atoms with Gasteiger partial charge in [-0.05, 0) is 24.3 Å². The first-order valence-electron chi connectivity index (χ1n) is 5.61. The highest BCUT2D eigenvalue weighted by molar-refractivity contribution is 5.87. The molecule has 0 fully saturated rings. The Morgan fingerprint density at radius 1 is 1.42 bits per heavy atom. The number of carboxylic acid groups (broad SMARTS) is 1. The summed E-state index contributed by atoms with van der Waals surface area (Å²) < 4.78 is 6.87. The van der Waals surface area contributed by atoms with Crippen LogP contribution in [0.2, 0.25) is 0 Å². The first-order chi connectivity index (χ1) is 9.02. The molecule has 19 heavy (non-hydrogen) atoms. The van der Waals surface area contributed by atoms with Gasteiger partial charge in [-0.2, -0.15) is 0 Å². The summed E-state index contributed by atoms with van der Waals surface area (Å²) in [5, 5.41) is 9.11. The lowest BCUT2D eigenvalue weighted by molar-refractivity contribution is -0.131. The van der Waals surface area contributed by atoms with Gasteiger partial charge in [0.25, 0.3) is 0 Å². The molecule has 1 aromatic carbocycles. The Hall–Kier alpha value is -2.56. The summed E-state index contributed by atoms with van der Waals surface area (Å²) in [6.45, 7) is 0. The lowest BCUT2D eigenvalue weighted by Crippen LogP contribution is -2.10. The van der Waals surface area contributed by atoms with Crippen LogP contribution in [-0.4, -0.2) is 22.8 Å². The van der Waals surface area contributed by atoms with Gasteiger partial charge in [-0.15, -0.1) is 0 Å². The molecule has 0 aliphatic rings. The Kier molecular flexibility index (Phi) is 3.37. The molecule has 1 aromatic heterocycles. The van der Waals surface area contributed by atoms with Crippen LogP contribution in [0.5, 0.6) is 5.75 Å². The maximum absolute atomic E-state index is 12.2. The summed E-state index contributed by atoms with van der Waals surface area (Å²) in [5.41, 5.74) is 0.869. The number of nitrogens with zero attached hydrogens (tertiary/aromatic N) is 1. The first kappa shape index (κ1) is 12.9. The number of aryl methyl sites for hydroxylation is 1. The summed E-state index contributed by atoms with van der Waals surface area (Å²) in [5.74, 6) is -0.503. The van der Waals surface area contributed by atoms with Crippen molar-refractivity contribution in [3.8, 4) is 5.75 Å². The van der Waals surface area contributed by atoms with Crippen LogP contribution in [0, 0.1) is 0 Å². The zero-order valence-corrected chi connectivity index (χ0v) is 10.6. The van der Waals surface area contributed by atoms with Gasteiger partial charge in [0.2, 0.25) is 0 Å². The average molecular weight is 259 g/mol. The van der Waals surface area contributed by atoms with Gasteiger partial charge in [0.15, 0.2) is 5.43 Å². The monoisotopic (exact) mass is 259 g/mol. The van der Waals surface area contributed by atoms with E-state index >= 15 is 0 Å². The summed E-state index contributed by atoms with van der Waals surface area (Å²) in [6, 6.07) is 5.21. The van der Waals surface area contributed by atoms with Crippen LogP contribution in [0.4, 0.5) is 0 Å². The van der Waals surface area contributed by atoms with E-state index in [1.807, 2.05) is 0 Å². The Labute approximate surface area is 109 Å². The number of hydrogen-bond acceptors (Lipinski definition) is 3. The van der Waals surface area contributed by atoms with Crippen LogP contribution in [-0.2, 0) is 11.8 Å². The fraction of sp³-hybridized carbons (Fsp3) is 0.143. The third-order valence-corrected chi connectivity index (χ3v) is 2.83. The zero-order chi connectivity index (χ0) is 14.0. The van der Waals surface area contributed by atoms with E-state index in [4.69, 9.17) is 9.84 Å². The number of hydrogen-bond donors (Lipinski definition) is 1. The molecular weight excluding hydrogens is 246 g/mol. The van der Waals surface area contributed by atoms with Gasteiger partial charge in [-0.25, -0.2) is 4.79 Å². The minimum absolute atomic E-state index is 0.218. The number of aromatic nitrogens is 1. The molecule has 0 aliphatic heterocycles. The van der Waals surface area contributed by atoms with E-state index < -0.39 is 5.97 Å². The summed E-state index contributed by atoms with van der Waals surface area (Å²) in [6.07, 6.45) is 3.85. The number of pyridine rings is 1. The fourth-order valence-electron chi connectivity index (χ4n) is 1.90. The van der Waals surface area contributed by atoms with Gasteiger partial charge in [0.05, 0.1) is 12.6 Å². The van der Waals surface area contributed by atoms with Gasteiger partial charge < -0.3 is 14.4 Å². The first-order valence-corrected chi connectivity index (χ1v) is 5.61. The van der Waals surface area contributed by atoms with Crippen molar-refractivity contribution in [1.82, 2.24) is 4.57 Å². The molecule has 0 bridgehead atoms. The molecule has 1 N–H and O–H groups in total. The van der Waals surface area contributed by atoms with Gasteiger partial charge in [-0.3, -0.25) is 4.79 Å². The van der Waals surface area contributed by atoms with Crippen molar-refractivity contribution in [2.75, 3.05) is 7.11 Å². The van der Waals surface area contributed by atoms with Gasteiger partial charge in [0.1, 0.15) is 5.75 Å². The molecule has 98 valence electrons. The third kappa shape index (κ3) is 2.49. The molecule has 0 amide bonds. The number of ether oxygens (including phenoxy) is 1. The lowest BCUT2D eigenvalue weighted by Gasteiger charge is -2.08. The standard InChI is InChI=1S/C14H13NO4/c1-15-8-9(3-6-13(16)17)14(18)11-7-10(19-2)4-5-12(11)15/h3-8H,1-2H3,(H,16,17). The van der Waals surface area contributed by atoms with E-state index in [0.29, 0.717) is 16.7 Å². The van der Waals surface area contributed by atoms with Crippen molar-refractivity contribution >= 4 is 22.9 Å². The van der Waals surface area contributed by atoms with Crippen molar-refractivity contribution in [3.05, 3.63) is 46.3 Å². The second-order valence-corrected chi connectivity index (χ2v) is 4.08. The van der Waals surface area contributed by atoms with E-state index in [1.54, 1.807) is 36.0 Å². The molecule has 0 aliphatic carbocycles. The Bertz CT molecular complexity index is 728.